The van der Waals surface area contributed by atoms with Crippen LogP contribution >= 0.6 is 0 Å². The summed E-state index contributed by atoms with van der Waals surface area (Å²) in [6, 6.07) is 10.1. The molecular formula is C18H26N4O2. The summed E-state index contributed by atoms with van der Waals surface area (Å²) in [7, 11) is 0. The lowest BCUT2D eigenvalue weighted by Gasteiger charge is -2.26. The smallest absolute Gasteiger partial charge is 0.188 e. The quantitative estimate of drug-likeness (QED) is 0.458. The van der Waals surface area contributed by atoms with E-state index in [1.807, 2.05) is 18.2 Å². The van der Waals surface area contributed by atoms with E-state index in [2.05, 4.69) is 27.3 Å². The van der Waals surface area contributed by atoms with Gasteiger partial charge in [-0.15, -0.1) is 0 Å². The second-order valence-corrected chi connectivity index (χ2v) is 6.00. The van der Waals surface area contributed by atoms with E-state index in [0.29, 0.717) is 5.96 Å². The summed E-state index contributed by atoms with van der Waals surface area (Å²) in [6.45, 7) is 6.26. The lowest BCUT2D eigenvalue weighted by atomic mass is 10.2. The topological polar surface area (TPSA) is 76.0 Å². The fourth-order valence-electron chi connectivity index (χ4n) is 2.85. The predicted octanol–water partition coefficient (Wildman–Crippen LogP) is 1.60. The van der Waals surface area contributed by atoms with Crippen LogP contribution in [0.4, 0.5) is 0 Å². The summed E-state index contributed by atoms with van der Waals surface area (Å²) in [4.78, 5) is 6.78. The molecule has 1 aromatic carbocycles. The molecule has 130 valence electrons. The lowest BCUT2D eigenvalue weighted by molar-refractivity contribution is 0.0377. The van der Waals surface area contributed by atoms with Crippen LogP contribution in [0.5, 0.6) is 0 Å². The maximum absolute atomic E-state index is 5.91. The lowest BCUT2D eigenvalue weighted by Crippen LogP contribution is -2.37. The summed E-state index contributed by atoms with van der Waals surface area (Å²) in [5.41, 5.74) is 6.83. The van der Waals surface area contributed by atoms with E-state index in [-0.39, 0.29) is 0 Å². The molecule has 3 rings (SSSR count). The third-order valence-corrected chi connectivity index (χ3v) is 4.17. The zero-order valence-corrected chi connectivity index (χ0v) is 14.0. The highest BCUT2D eigenvalue weighted by Gasteiger charge is 2.08. The van der Waals surface area contributed by atoms with Gasteiger partial charge in [0, 0.05) is 44.5 Å². The van der Waals surface area contributed by atoms with Crippen LogP contribution in [-0.2, 0) is 11.2 Å². The van der Waals surface area contributed by atoms with E-state index >= 15 is 0 Å². The van der Waals surface area contributed by atoms with Crippen molar-refractivity contribution < 1.29 is 9.15 Å². The zero-order chi connectivity index (χ0) is 16.6. The molecule has 0 saturated carbocycles. The van der Waals surface area contributed by atoms with E-state index < -0.39 is 0 Å². The van der Waals surface area contributed by atoms with E-state index in [1.54, 1.807) is 0 Å². The number of fused-ring (bicyclic) bond motifs is 1. The van der Waals surface area contributed by atoms with E-state index in [0.717, 1.165) is 75.5 Å². The number of aliphatic imine (C=N–C) groups is 1. The Balaban J connectivity index is 1.33. The summed E-state index contributed by atoms with van der Waals surface area (Å²) in [5.74, 6) is 1.47. The number of morpholine rings is 1. The van der Waals surface area contributed by atoms with E-state index in [4.69, 9.17) is 14.9 Å². The number of hydrogen-bond donors (Lipinski definition) is 2. The van der Waals surface area contributed by atoms with Crippen LogP contribution in [0.2, 0.25) is 0 Å². The molecule has 2 heterocycles. The minimum absolute atomic E-state index is 0.507. The Bertz CT molecular complexity index is 629. The highest BCUT2D eigenvalue weighted by atomic mass is 16.5. The molecule has 2 aromatic rings. The Morgan fingerprint density at radius 2 is 2.08 bits per heavy atom. The molecule has 6 nitrogen and oxygen atoms in total. The number of para-hydroxylation sites is 1. The minimum Gasteiger partial charge on any atom is -0.461 e. The molecule has 0 bridgehead atoms. The van der Waals surface area contributed by atoms with Gasteiger partial charge in [-0.25, -0.2) is 0 Å². The van der Waals surface area contributed by atoms with Gasteiger partial charge in [-0.3, -0.25) is 9.89 Å². The number of rotatable bonds is 7. The van der Waals surface area contributed by atoms with Gasteiger partial charge in [0.2, 0.25) is 0 Å². The van der Waals surface area contributed by atoms with Gasteiger partial charge in [0.05, 0.1) is 13.2 Å². The molecule has 24 heavy (non-hydrogen) atoms. The molecule has 0 amide bonds. The molecule has 0 unspecified atom stereocenters. The number of benzene rings is 1. The fraction of sp³-hybridized carbons (Fsp3) is 0.500. The molecule has 0 atom stereocenters. The Morgan fingerprint density at radius 3 is 2.92 bits per heavy atom. The molecular weight excluding hydrogens is 304 g/mol. The Morgan fingerprint density at radius 1 is 1.25 bits per heavy atom. The average molecular weight is 330 g/mol. The van der Waals surface area contributed by atoms with Crippen LogP contribution in [0.1, 0.15) is 12.2 Å². The zero-order valence-electron chi connectivity index (χ0n) is 14.0. The summed E-state index contributed by atoms with van der Waals surface area (Å²) >= 11 is 0. The van der Waals surface area contributed by atoms with Crippen LogP contribution in [-0.4, -0.2) is 56.8 Å². The van der Waals surface area contributed by atoms with Crippen molar-refractivity contribution in [2.45, 2.75) is 12.8 Å². The number of guanidine groups is 1. The Hall–Kier alpha value is -2.05. The second-order valence-electron chi connectivity index (χ2n) is 6.00. The van der Waals surface area contributed by atoms with Crippen molar-refractivity contribution in [3.8, 4) is 0 Å². The maximum Gasteiger partial charge on any atom is 0.188 e. The van der Waals surface area contributed by atoms with Crippen molar-refractivity contribution in [3.63, 3.8) is 0 Å². The van der Waals surface area contributed by atoms with Crippen LogP contribution in [0.25, 0.3) is 11.0 Å². The van der Waals surface area contributed by atoms with Gasteiger partial charge in [-0.1, -0.05) is 18.2 Å². The molecule has 1 aliphatic rings. The number of nitrogens with zero attached hydrogens (tertiary/aromatic N) is 2. The van der Waals surface area contributed by atoms with Crippen molar-refractivity contribution in [1.82, 2.24) is 10.2 Å². The van der Waals surface area contributed by atoms with Gasteiger partial charge >= 0.3 is 0 Å². The third kappa shape index (κ3) is 4.97. The van der Waals surface area contributed by atoms with Gasteiger partial charge in [0.1, 0.15) is 11.3 Å². The number of furan rings is 1. The van der Waals surface area contributed by atoms with Gasteiger partial charge in [0.15, 0.2) is 5.96 Å². The molecule has 0 radical (unpaired) electrons. The van der Waals surface area contributed by atoms with Crippen molar-refractivity contribution in [2.75, 3.05) is 45.9 Å². The summed E-state index contributed by atoms with van der Waals surface area (Å²) < 4.78 is 11.1. The molecule has 1 aromatic heterocycles. The van der Waals surface area contributed by atoms with Crippen molar-refractivity contribution >= 4 is 16.9 Å². The Kier molecular flexibility index (Phi) is 6.09. The van der Waals surface area contributed by atoms with Gasteiger partial charge in [0.25, 0.3) is 0 Å². The first-order valence-corrected chi connectivity index (χ1v) is 8.62. The average Bonchev–Trinajstić information content (AvgIpc) is 3.02. The first kappa shape index (κ1) is 16.8. The number of ether oxygens (including phenoxy) is 1. The standard InChI is InChI=1S/C18H26N4O2/c19-18(20-7-3-9-22-10-12-23-13-11-22)21-8-6-16-14-15-4-1-2-5-17(15)24-16/h1-2,4-5,14H,3,6-13H2,(H3,19,20,21). The molecule has 6 heteroatoms. The number of hydrogen-bond acceptors (Lipinski definition) is 4. The predicted molar refractivity (Wildman–Crippen MR) is 96.3 cm³/mol. The van der Waals surface area contributed by atoms with Gasteiger partial charge in [-0.05, 0) is 18.6 Å². The molecule has 1 aliphatic heterocycles. The minimum atomic E-state index is 0.507. The first-order chi connectivity index (χ1) is 11.8. The highest BCUT2D eigenvalue weighted by molar-refractivity contribution is 5.78. The molecule has 0 aliphatic carbocycles. The van der Waals surface area contributed by atoms with Crippen molar-refractivity contribution in [1.29, 1.82) is 0 Å². The van der Waals surface area contributed by atoms with Crippen LogP contribution in [0.3, 0.4) is 0 Å². The van der Waals surface area contributed by atoms with Crippen molar-refractivity contribution in [2.24, 2.45) is 10.7 Å². The highest BCUT2D eigenvalue weighted by Crippen LogP contribution is 2.18. The van der Waals surface area contributed by atoms with Gasteiger partial charge in [-0.2, -0.15) is 0 Å². The molecule has 0 spiro atoms. The van der Waals surface area contributed by atoms with Gasteiger partial charge < -0.3 is 20.2 Å². The first-order valence-electron chi connectivity index (χ1n) is 8.62. The maximum atomic E-state index is 5.91. The Labute approximate surface area is 142 Å². The fourth-order valence-corrected chi connectivity index (χ4v) is 2.85. The second kappa shape index (κ2) is 8.70. The molecule has 1 saturated heterocycles. The van der Waals surface area contributed by atoms with E-state index in [1.165, 1.54) is 0 Å². The SMILES string of the molecule is NC(=NCCCN1CCOCC1)NCCc1cc2ccccc2o1. The van der Waals surface area contributed by atoms with E-state index in [9.17, 15) is 0 Å². The largest absolute Gasteiger partial charge is 0.461 e. The van der Waals surface area contributed by atoms with Crippen molar-refractivity contribution in [3.05, 3.63) is 36.1 Å². The third-order valence-electron chi connectivity index (χ3n) is 4.17. The summed E-state index contributed by atoms with van der Waals surface area (Å²) in [5, 5.41) is 4.28. The van der Waals surface area contributed by atoms with Crippen LogP contribution in [0, 0.1) is 0 Å². The number of nitrogens with two attached hydrogens (primary N) is 1. The normalized spacial score (nSPS) is 16.6. The van der Waals surface area contributed by atoms with Crippen LogP contribution in [0.15, 0.2) is 39.7 Å². The monoisotopic (exact) mass is 330 g/mol. The molecule has 3 N–H and O–H groups in total. The number of nitrogens with one attached hydrogen (secondary N) is 1. The summed E-state index contributed by atoms with van der Waals surface area (Å²) in [6.07, 6.45) is 1.81. The molecule has 1 fully saturated rings. The van der Waals surface area contributed by atoms with Crippen LogP contribution < -0.4 is 11.1 Å².